The van der Waals surface area contributed by atoms with Gasteiger partial charge in [-0.15, -0.1) is 0 Å². The molecule has 0 unspecified atom stereocenters. The zero-order valence-corrected chi connectivity index (χ0v) is 21.7. The van der Waals surface area contributed by atoms with Crippen molar-refractivity contribution in [2.24, 2.45) is 23.7 Å². The number of nitrogens with zero attached hydrogens (tertiary/aromatic N) is 4. The summed E-state index contributed by atoms with van der Waals surface area (Å²) in [6.45, 7) is 7.53. The molecule has 0 radical (unpaired) electrons. The van der Waals surface area contributed by atoms with Crippen molar-refractivity contribution in [1.29, 1.82) is 0 Å². The molecule has 4 atom stereocenters. The summed E-state index contributed by atoms with van der Waals surface area (Å²) in [4.78, 5) is 66.9. The molecule has 11 heteroatoms. The van der Waals surface area contributed by atoms with E-state index in [-0.39, 0.29) is 58.5 Å². The van der Waals surface area contributed by atoms with Crippen LogP contribution in [0.4, 0.5) is 5.69 Å². The summed E-state index contributed by atoms with van der Waals surface area (Å²) in [5.74, 6) is -2.37. The van der Waals surface area contributed by atoms with E-state index in [4.69, 9.17) is 4.74 Å². The smallest absolute Gasteiger partial charge is 0.362 e. The Morgan fingerprint density at radius 1 is 1.16 bits per heavy atom. The summed E-state index contributed by atoms with van der Waals surface area (Å²) < 4.78 is 5.17. The highest BCUT2D eigenvalue weighted by Gasteiger charge is 2.59. The molecule has 4 rings (SSSR count). The fourth-order valence-corrected chi connectivity index (χ4v) is 5.72. The average Bonchev–Trinajstić information content (AvgIpc) is 3.40. The molecule has 2 fully saturated rings. The number of carbonyl (C=O) groups is 4. The SMILES string of the molecule is CC(C)[C@H]1C(=O)N2C(C(=O)OC(=O)c3ccc([N+](=O)[O-])cc3)=C(CN3CC[C@H](C(=O)N(C)C)C3)[C@H](C)[C@H]12. The number of nitro benzene ring substituents is 1. The number of fused-ring (bicyclic) bond motifs is 1. The van der Waals surface area contributed by atoms with Gasteiger partial charge in [-0.1, -0.05) is 20.8 Å². The van der Waals surface area contributed by atoms with Gasteiger partial charge < -0.3 is 14.5 Å². The van der Waals surface area contributed by atoms with Crippen LogP contribution in [0.1, 0.15) is 37.6 Å². The fraction of sp³-hybridized carbons (Fsp3) is 0.538. The molecule has 37 heavy (non-hydrogen) atoms. The number of non-ortho nitro benzene ring substituents is 1. The van der Waals surface area contributed by atoms with Crippen molar-refractivity contribution in [2.45, 2.75) is 33.2 Å². The Morgan fingerprint density at radius 3 is 2.38 bits per heavy atom. The van der Waals surface area contributed by atoms with Crippen LogP contribution >= 0.6 is 0 Å². The van der Waals surface area contributed by atoms with E-state index < -0.39 is 16.9 Å². The van der Waals surface area contributed by atoms with Gasteiger partial charge in [-0.2, -0.15) is 0 Å². The molecule has 3 aliphatic rings. The van der Waals surface area contributed by atoms with Crippen LogP contribution in [0.5, 0.6) is 0 Å². The van der Waals surface area contributed by atoms with Gasteiger partial charge in [-0.05, 0) is 36.6 Å². The van der Waals surface area contributed by atoms with Gasteiger partial charge in [0.25, 0.3) is 5.69 Å². The van der Waals surface area contributed by atoms with Gasteiger partial charge in [0.1, 0.15) is 5.70 Å². The Labute approximate surface area is 215 Å². The van der Waals surface area contributed by atoms with E-state index in [0.717, 1.165) is 17.7 Å². The maximum atomic E-state index is 13.3. The van der Waals surface area contributed by atoms with Gasteiger partial charge in [-0.3, -0.25) is 24.6 Å². The summed E-state index contributed by atoms with van der Waals surface area (Å²) in [6.07, 6.45) is 0.706. The predicted molar refractivity (Wildman–Crippen MR) is 132 cm³/mol. The molecular weight excluding hydrogens is 480 g/mol. The first-order chi connectivity index (χ1) is 17.4. The molecule has 1 aromatic carbocycles. The molecule has 0 spiro atoms. The zero-order valence-electron chi connectivity index (χ0n) is 21.7. The molecule has 0 saturated carbocycles. The highest BCUT2D eigenvalue weighted by atomic mass is 16.6. The topological polar surface area (TPSA) is 130 Å². The van der Waals surface area contributed by atoms with Gasteiger partial charge in [0.15, 0.2) is 0 Å². The van der Waals surface area contributed by atoms with Crippen molar-refractivity contribution < 1.29 is 28.8 Å². The van der Waals surface area contributed by atoms with Crippen molar-refractivity contribution >= 4 is 29.4 Å². The number of hydrogen-bond acceptors (Lipinski definition) is 8. The van der Waals surface area contributed by atoms with E-state index in [1.807, 2.05) is 20.8 Å². The number of β-lactam (4-membered cyclic amide) rings is 1. The third kappa shape index (κ3) is 4.75. The molecule has 2 amide bonds. The maximum absolute atomic E-state index is 13.3. The van der Waals surface area contributed by atoms with E-state index in [9.17, 15) is 29.3 Å². The first kappa shape index (κ1) is 26.5. The van der Waals surface area contributed by atoms with Gasteiger partial charge >= 0.3 is 11.9 Å². The van der Waals surface area contributed by atoms with Crippen LogP contribution in [0.3, 0.4) is 0 Å². The fourth-order valence-electron chi connectivity index (χ4n) is 5.72. The maximum Gasteiger partial charge on any atom is 0.362 e. The number of ether oxygens (including phenoxy) is 1. The minimum absolute atomic E-state index is 0.0109. The van der Waals surface area contributed by atoms with E-state index in [0.29, 0.717) is 26.1 Å². The van der Waals surface area contributed by atoms with Crippen molar-refractivity contribution in [3.63, 3.8) is 0 Å². The van der Waals surface area contributed by atoms with Gasteiger partial charge in [0, 0.05) is 45.2 Å². The minimum atomic E-state index is -0.950. The lowest BCUT2D eigenvalue weighted by Crippen LogP contribution is -2.62. The highest BCUT2D eigenvalue weighted by Crippen LogP contribution is 2.49. The number of likely N-dealkylation sites (tertiary alicyclic amines) is 1. The number of nitro groups is 1. The Kier molecular flexibility index (Phi) is 7.18. The Morgan fingerprint density at radius 2 is 1.81 bits per heavy atom. The molecule has 11 nitrogen and oxygen atoms in total. The van der Waals surface area contributed by atoms with Crippen LogP contribution in [0.2, 0.25) is 0 Å². The van der Waals surface area contributed by atoms with Crippen molar-refractivity contribution in [1.82, 2.24) is 14.7 Å². The number of hydrogen-bond donors (Lipinski definition) is 0. The summed E-state index contributed by atoms with van der Waals surface area (Å²) in [5.41, 5.74) is 0.615. The Balaban J connectivity index is 1.58. The standard InChI is InChI=1S/C26H32N4O7/c1-14(2)20-21-15(3)19(13-28-11-10-17(12-28)23(31)27(4)5)22(29(21)24(20)32)26(34)37-25(33)16-6-8-18(9-7-16)30(35)36/h6-9,14-15,17,20-21H,10-13H2,1-5H3/t15-,17-,20+,21+/m0/s1. The number of rotatable bonds is 7. The van der Waals surface area contributed by atoms with Gasteiger partial charge in [-0.25, -0.2) is 9.59 Å². The van der Waals surface area contributed by atoms with Gasteiger partial charge in [0.05, 0.1) is 28.4 Å². The van der Waals surface area contributed by atoms with Gasteiger partial charge in [0.2, 0.25) is 11.8 Å². The van der Waals surface area contributed by atoms with E-state index in [1.165, 1.54) is 17.0 Å². The largest absolute Gasteiger partial charge is 0.385 e. The molecule has 1 aromatic rings. The van der Waals surface area contributed by atoms with E-state index in [1.54, 1.807) is 19.0 Å². The molecule has 2 saturated heterocycles. The summed E-state index contributed by atoms with van der Waals surface area (Å²) in [6, 6.07) is 4.56. The van der Waals surface area contributed by atoms with Crippen molar-refractivity contribution in [3.05, 3.63) is 51.2 Å². The number of esters is 2. The molecule has 3 heterocycles. The lowest BCUT2D eigenvalue weighted by molar-refractivity contribution is -0.384. The number of benzene rings is 1. The van der Waals surface area contributed by atoms with E-state index >= 15 is 0 Å². The second kappa shape index (κ2) is 10.0. The third-order valence-corrected chi connectivity index (χ3v) is 7.66. The van der Waals surface area contributed by atoms with Crippen molar-refractivity contribution in [2.75, 3.05) is 33.7 Å². The molecule has 0 bridgehead atoms. The molecule has 198 valence electrons. The molecular formula is C26H32N4O7. The summed E-state index contributed by atoms with van der Waals surface area (Å²) in [5, 5.41) is 10.9. The van der Waals surface area contributed by atoms with Crippen molar-refractivity contribution in [3.8, 4) is 0 Å². The molecule has 0 N–H and O–H groups in total. The summed E-state index contributed by atoms with van der Waals surface area (Å²) in [7, 11) is 3.45. The first-order valence-corrected chi connectivity index (χ1v) is 12.4. The number of amides is 2. The van der Waals surface area contributed by atoms with Crippen LogP contribution in [0.25, 0.3) is 0 Å². The molecule has 0 aromatic heterocycles. The minimum Gasteiger partial charge on any atom is -0.385 e. The second-order valence-electron chi connectivity index (χ2n) is 10.6. The van der Waals surface area contributed by atoms with Crippen LogP contribution in [-0.4, -0.2) is 83.1 Å². The third-order valence-electron chi connectivity index (χ3n) is 7.66. The molecule has 3 aliphatic heterocycles. The van der Waals surface area contributed by atoms with Crippen LogP contribution < -0.4 is 0 Å². The Hall–Kier alpha value is -3.60. The molecule has 0 aliphatic carbocycles. The van der Waals surface area contributed by atoms with Crippen LogP contribution in [0.15, 0.2) is 35.5 Å². The normalized spacial score (nSPS) is 25.2. The lowest BCUT2D eigenvalue weighted by atomic mass is 9.74. The first-order valence-electron chi connectivity index (χ1n) is 12.4. The van der Waals surface area contributed by atoms with Crippen LogP contribution in [-0.2, 0) is 19.1 Å². The quantitative estimate of drug-likeness (QED) is 0.178. The summed E-state index contributed by atoms with van der Waals surface area (Å²) >= 11 is 0. The lowest BCUT2D eigenvalue weighted by Gasteiger charge is -2.47. The predicted octanol–water partition coefficient (Wildman–Crippen LogP) is 2.08. The van der Waals surface area contributed by atoms with Crippen LogP contribution in [0, 0.1) is 33.8 Å². The Bertz CT molecular complexity index is 1170. The number of carbonyl (C=O) groups excluding carboxylic acids is 4. The second-order valence-corrected chi connectivity index (χ2v) is 10.6. The average molecular weight is 513 g/mol. The van der Waals surface area contributed by atoms with E-state index in [2.05, 4.69) is 4.90 Å². The zero-order chi connectivity index (χ0) is 27.2. The monoisotopic (exact) mass is 512 g/mol. The highest BCUT2D eigenvalue weighted by molar-refractivity contribution is 6.06.